The Morgan fingerprint density at radius 2 is 1.84 bits per heavy atom. The zero-order valence-corrected chi connectivity index (χ0v) is 15.0. The number of nitrogens with one attached hydrogen (secondary N) is 2. The molecule has 3 N–H and O–H groups in total. The van der Waals surface area contributed by atoms with Crippen molar-refractivity contribution < 1.29 is 23.1 Å². The van der Waals surface area contributed by atoms with Crippen LogP contribution in [0.3, 0.4) is 0 Å². The first-order valence-corrected chi connectivity index (χ1v) is 9.55. The molecule has 1 aliphatic carbocycles. The van der Waals surface area contributed by atoms with Crippen LogP contribution >= 0.6 is 0 Å². The maximum absolute atomic E-state index is 12.2. The summed E-state index contributed by atoms with van der Waals surface area (Å²) >= 11 is 0. The molecule has 138 valence electrons. The van der Waals surface area contributed by atoms with Crippen molar-refractivity contribution in [2.75, 3.05) is 20.1 Å². The molecule has 8 nitrogen and oxygen atoms in total. The topological polar surface area (TPSA) is 116 Å². The van der Waals surface area contributed by atoms with Crippen LogP contribution in [-0.2, 0) is 14.8 Å². The normalized spacial score (nSPS) is 20.1. The fourth-order valence-corrected chi connectivity index (χ4v) is 3.58. The molecule has 0 atom stereocenters. The van der Waals surface area contributed by atoms with Crippen LogP contribution in [0.25, 0.3) is 0 Å². The van der Waals surface area contributed by atoms with Gasteiger partial charge >= 0.3 is 5.97 Å². The van der Waals surface area contributed by atoms with Crippen molar-refractivity contribution in [3.8, 4) is 0 Å². The van der Waals surface area contributed by atoms with E-state index in [9.17, 15) is 18.0 Å². The van der Waals surface area contributed by atoms with E-state index in [-0.39, 0.29) is 29.4 Å². The number of sulfonamides is 1. The Hall–Kier alpha value is -1.97. The molecule has 0 saturated heterocycles. The Kier molecular flexibility index (Phi) is 6.15. The van der Waals surface area contributed by atoms with E-state index in [2.05, 4.69) is 10.0 Å². The summed E-state index contributed by atoms with van der Waals surface area (Å²) in [6.45, 7) is 2.57. The predicted octanol–water partition coefficient (Wildman–Crippen LogP) is 0.262. The second-order valence-electron chi connectivity index (χ2n) is 5.98. The van der Waals surface area contributed by atoms with Crippen LogP contribution in [0.2, 0.25) is 0 Å². The third kappa shape index (κ3) is 4.77. The summed E-state index contributed by atoms with van der Waals surface area (Å²) in [6.07, 6.45) is 1.41. The van der Waals surface area contributed by atoms with Gasteiger partial charge in [0.15, 0.2) is 0 Å². The number of likely N-dealkylation sites (N-methyl/N-ethyl adjacent to an activating group) is 1. The molecule has 0 aliphatic heterocycles. The van der Waals surface area contributed by atoms with Gasteiger partial charge in [0.1, 0.15) is 0 Å². The zero-order chi connectivity index (χ0) is 18.6. The smallest absolute Gasteiger partial charge is 0.317 e. The van der Waals surface area contributed by atoms with Crippen LogP contribution in [0, 0.1) is 0 Å². The highest BCUT2D eigenvalue weighted by Crippen LogP contribution is 2.26. The number of nitrogens with zero attached hydrogens (tertiary/aromatic N) is 1. The van der Waals surface area contributed by atoms with E-state index in [0.29, 0.717) is 24.9 Å². The zero-order valence-electron chi connectivity index (χ0n) is 14.2. The number of carboxylic acid groups (broad SMARTS) is 1. The lowest BCUT2D eigenvalue weighted by Gasteiger charge is -2.42. The van der Waals surface area contributed by atoms with E-state index >= 15 is 0 Å². The maximum Gasteiger partial charge on any atom is 0.317 e. The monoisotopic (exact) mass is 369 g/mol. The van der Waals surface area contributed by atoms with Crippen molar-refractivity contribution in [3.05, 3.63) is 29.8 Å². The molecule has 0 spiro atoms. The van der Waals surface area contributed by atoms with E-state index in [1.54, 1.807) is 0 Å². The first-order valence-electron chi connectivity index (χ1n) is 8.07. The molecule has 2 rings (SSSR count). The van der Waals surface area contributed by atoms with Gasteiger partial charge in [-0.25, -0.2) is 13.1 Å². The number of aliphatic carboxylic acids is 1. The van der Waals surface area contributed by atoms with E-state index in [0.717, 1.165) is 0 Å². The summed E-state index contributed by atoms with van der Waals surface area (Å²) in [7, 11) is -2.20. The van der Waals surface area contributed by atoms with Crippen molar-refractivity contribution in [1.29, 1.82) is 0 Å². The number of amides is 1. The van der Waals surface area contributed by atoms with E-state index in [1.165, 1.54) is 31.3 Å². The number of carbonyl (C=O) groups is 2. The lowest BCUT2D eigenvalue weighted by molar-refractivity contribution is -0.139. The third-order valence-corrected chi connectivity index (χ3v) is 5.84. The molecule has 1 aromatic rings. The van der Waals surface area contributed by atoms with Crippen LogP contribution in [0.4, 0.5) is 0 Å². The average Bonchev–Trinajstić information content (AvgIpc) is 2.55. The van der Waals surface area contributed by atoms with Gasteiger partial charge in [0, 0.05) is 17.6 Å². The maximum atomic E-state index is 12.2. The Balaban J connectivity index is 1.89. The van der Waals surface area contributed by atoms with E-state index in [1.807, 2.05) is 11.8 Å². The fourth-order valence-electron chi connectivity index (χ4n) is 2.85. The number of hydrogen-bond acceptors (Lipinski definition) is 5. The van der Waals surface area contributed by atoms with Gasteiger partial charge in [-0.3, -0.25) is 14.5 Å². The highest BCUT2D eigenvalue weighted by molar-refractivity contribution is 7.89. The molecule has 0 aromatic heterocycles. The lowest BCUT2D eigenvalue weighted by atomic mass is 9.85. The van der Waals surface area contributed by atoms with Gasteiger partial charge in [-0.1, -0.05) is 6.92 Å². The Labute approximate surface area is 147 Å². The molecule has 1 amide bonds. The lowest BCUT2D eigenvalue weighted by Crippen LogP contribution is -2.54. The van der Waals surface area contributed by atoms with Crippen molar-refractivity contribution in [2.45, 2.75) is 36.7 Å². The van der Waals surface area contributed by atoms with Crippen LogP contribution < -0.4 is 10.0 Å². The summed E-state index contributed by atoms with van der Waals surface area (Å²) in [4.78, 5) is 25.0. The molecule has 1 aromatic carbocycles. The Bertz CT molecular complexity index is 727. The summed E-state index contributed by atoms with van der Waals surface area (Å²) < 4.78 is 25.5. The van der Waals surface area contributed by atoms with Crippen LogP contribution in [0.1, 0.15) is 30.1 Å². The first kappa shape index (κ1) is 19.4. The second-order valence-corrected chi connectivity index (χ2v) is 7.87. The van der Waals surface area contributed by atoms with Crippen molar-refractivity contribution >= 4 is 21.9 Å². The standard InChI is InChI=1S/C16H23N3O5S/c1-3-19(10-15(20)21)13-8-12(9-13)18-16(22)11-4-6-14(7-5-11)25(23,24)17-2/h4-7,12-13,17H,3,8-10H2,1-2H3,(H,18,22)(H,20,21). The van der Waals surface area contributed by atoms with Crippen molar-refractivity contribution in [2.24, 2.45) is 0 Å². The van der Waals surface area contributed by atoms with Crippen molar-refractivity contribution in [1.82, 2.24) is 14.9 Å². The van der Waals surface area contributed by atoms with E-state index in [4.69, 9.17) is 5.11 Å². The molecular weight excluding hydrogens is 346 g/mol. The summed E-state index contributed by atoms with van der Waals surface area (Å²) in [5.41, 5.74) is 0.386. The van der Waals surface area contributed by atoms with Gasteiger partial charge in [0.05, 0.1) is 11.4 Å². The molecule has 0 heterocycles. The molecule has 1 aliphatic rings. The molecule has 25 heavy (non-hydrogen) atoms. The van der Waals surface area contributed by atoms with Gasteiger partial charge in [-0.05, 0) is 50.7 Å². The summed E-state index contributed by atoms with van der Waals surface area (Å²) in [5.74, 6) is -1.12. The van der Waals surface area contributed by atoms with Gasteiger partial charge in [0.2, 0.25) is 10.0 Å². The van der Waals surface area contributed by atoms with Crippen LogP contribution in [0.5, 0.6) is 0 Å². The van der Waals surface area contributed by atoms with Crippen molar-refractivity contribution in [3.63, 3.8) is 0 Å². The van der Waals surface area contributed by atoms with Crippen LogP contribution in [0.15, 0.2) is 29.2 Å². The number of hydrogen-bond donors (Lipinski definition) is 3. The van der Waals surface area contributed by atoms with Gasteiger partial charge in [-0.15, -0.1) is 0 Å². The minimum absolute atomic E-state index is 0.000984. The number of carboxylic acids is 1. The molecule has 9 heteroatoms. The summed E-state index contributed by atoms with van der Waals surface area (Å²) in [6, 6.07) is 5.87. The summed E-state index contributed by atoms with van der Waals surface area (Å²) in [5, 5.41) is 11.8. The van der Waals surface area contributed by atoms with Gasteiger partial charge < -0.3 is 10.4 Å². The second kappa shape index (κ2) is 7.94. The number of rotatable bonds is 8. The molecule has 1 saturated carbocycles. The quantitative estimate of drug-likeness (QED) is 0.605. The van der Waals surface area contributed by atoms with Gasteiger partial charge in [-0.2, -0.15) is 0 Å². The molecule has 0 bridgehead atoms. The molecule has 0 unspecified atom stereocenters. The largest absolute Gasteiger partial charge is 0.480 e. The highest BCUT2D eigenvalue weighted by atomic mass is 32.2. The Morgan fingerprint density at radius 1 is 1.24 bits per heavy atom. The van der Waals surface area contributed by atoms with Gasteiger partial charge in [0.25, 0.3) is 5.91 Å². The molecule has 1 fully saturated rings. The third-order valence-electron chi connectivity index (χ3n) is 4.40. The minimum atomic E-state index is -3.52. The molecule has 0 radical (unpaired) electrons. The molecular formula is C16H23N3O5S. The first-order chi connectivity index (χ1) is 11.8. The average molecular weight is 369 g/mol. The number of carbonyl (C=O) groups excluding carboxylic acids is 1. The Morgan fingerprint density at radius 3 is 2.32 bits per heavy atom. The predicted molar refractivity (Wildman–Crippen MR) is 91.8 cm³/mol. The van der Waals surface area contributed by atoms with E-state index < -0.39 is 16.0 Å². The fraction of sp³-hybridized carbons (Fsp3) is 0.500. The minimum Gasteiger partial charge on any atom is -0.480 e. The number of benzene rings is 1. The highest BCUT2D eigenvalue weighted by Gasteiger charge is 2.34. The SMILES string of the molecule is CCN(CC(=O)O)C1CC(NC(=O)c2ccc(S(=O)(=O)NC)cc2)C1. The van der Waals surface area contributed by atoms with Crippen LogP contribution in [-0.4, -0.2) is 62.5 Å².